The van der Waals surface area contributed by atoms with Crippen LogP contribution in [-0.2, 0) is 22.7 Å². The standard InChI is InChI=1S/C12H19N3OS.C4H10.C2H5NO/c1-15-6-2-3-11(15)12(16)14-8-10-5-4-9(7-13)17-10;1-3-4-2;3-1-2-4/h4-5,11H,2-3,6-8,13H2,1H3,(H,14,16);3-4H2,1-2H3;2H,1,3H2. The zero-order valence-corrected chi connectivity index (χ0v) is 16.6. The van der Waals surface area contributed by atoms with Crippen molar-refractivity contribution in [2.75, 3.05) is 20.1 Å². The number of nitrogens with zero attached hydrogens (tertiary/aromatic N) is 1. The number of hydrogen-bond acceptors (Lipinski definition) is 6. The lowest BCUT2D eigenvalue weighted by Gasteiger charge is -2.18. The molecule has 1 atom stereocenters. The fourth-order valence-electron chi connectivity index (χ4n) is 2.16. The summed E-state index contributed by atoms with van der Waals surface area (Å²) in [5.41, 5.74) is 10.2. The Morgan fingerprint density at radius 1 is 1.32 bits per heavy atom. The number of unbranched alkanes of at least 4 members (excludes halogenated alkanes) is 1. The topological polar surface area (TPSA) is 101 Å². The first-order valence-corrected chi connectivity index (χ1v) is 9.74. The molecule has 7 heteroatoms. The second kappa shape index (κ2) is 15.0. The largest absolute Gasteiger partial charge is 0.350 e. The number of rotatable bonds is 6. The summed E-state index contributed by atoms with van der Waals surface area (Å²) in [5, 5.41) is 3.00. The Bertz CT molecular complexity index is 477. The Morgan fingerprint density at radius 3 is 2.32 bits per heavy atom. The van der Waals surface area contributed by atoms with Crippen LogP contribution in [0.15, 0.2) is 12.1 Å². The molecular weight excluding hydrogens is 336 g/mol. The highest BCUT2D eigenvalue weighted by Gasteiger charge is 2.27. The van der Waals surface area contributed by atoms with Crippen molar-refractivity contribution in [2.45, 2.75) is 58.7 Å². The predicted molar refractivity (Wildman–Crippen MR) is 105 cm³/mol. The van der Waals surface area contributed by atoms with Crippen LogP contribution in [0.2, 0.25) is 0 Å². The molecule has 6 nitrogen and oxygen atoms in total. The maximum Gasteiger partial charge on any atom is 0.237 e. The maximum atomic E-state index is 11.9. The lowest BCUT2D eigenvalue weighted by Crippen LogP contribution is -2.40. The molecule has 0 bridgehead atoms. The van der Waals surface area contributed by atoms with Gasteiger partial charge in [0.25, 0.3) is 0 Å². The van der Waals surface area contributed by atoms with Crippen molar-refractivity contribution >= 4 is 23.5 Å². The van der Waals surface area contributed by atoms with E-state index in [4.69, 9.17) is 10.5 Å². The molecule has 2 heterocycles. The van der Waals surface area contributed by atoms with Crippen LogP contribution in [0.5, 0.6) is 0 Å². The van der Waals surface area contributed by atoms with Gasteiger partial charge in [0.1, 0.15) is 6.29 Å². The Balaban J connectivity index is 0.000000609. The molecule has 0 aromatic carbocycles. The molecule has 1 aromatic heterocycles. The third-order valence-electron chi connectivity index (χ3n) is 3.77. The molecule has 1 aliphatic heterocycles. The van der Waals surface area contributed by atoms with Gasteiger partial charge in [0.05, 0.1) is 12.6 Å². The van der Waals surface area contributed by atoms with Gasteiger partial charge in [-0.3, -0.25) is 9.69 Å². The zero-order chi connectivity index (χ0) is 19.1. The Labute approximate surface area is 155 Å². The monoisotopic (exact) mass is 370 g/mol. The first kappa shape index (κ1) is 23.7. The number of hydrogen-bond donors (Lipinski definition) is 3. The fourth-order valence-corrected chi connectivity index (χ4v) is 3.00. The SMILES string of the molecule is CCCC.CN1CCCC1C(=O)NCc1ccc(CN)s1.NCC=O. The van der Waals surface area contributed by atoms with Gasteiger partial charge in [-0.15, -0.1) is 11.3 Å². The van der Waals surface area contributed by atoms with Crippen LogP contribution >= 0.6 is 11.3 Å². The van der Waals surface area contributed by atoms with E-state index in [-0.39, 0.29) is 18.5 Å². The minimum Gasteiger partial charge on any atom is -0.350 e. The van der Waals surface area contributed by atoms with Crippen LogP contribution in [0.3, 0.4) is 0 Å². The summed E-state index contributed by atoms with van der Waals surface area (Å²) in [7, 11) is 2.01. The highest BCUT2D eigenvalue weighted by Crippen LogP contribution is 2.17. The van der Waals surface area contributed by atoms with Gasteiger partial charge < -0.3 is 21.6 Å². The van der Waals surface area contributed by atoms with Gasteiger partial charge in [-0.05, 0) is 38.6 Å². The van der Waals surface area contributed by atoms with Gasteiger partial charge in [-0.1, -0.05) is 26.7 Å². The fraction of sp³-hybridized carbons (Fsp3) is 0.667. The first-order chi connectivity index (χ1) is 12.0. The predicted octanol–water partition coefficient (Wildman–Crippen LogP) is 1.87. The summed E-state index contributed by atoms with van der Waals surface area (Å²) in [5.74, 6) is 0.146. The van der Waals surface area contributed by atoms with Crippen molar-refractivity contribution in [2.24, 2.45) is 11.5 Å². The molecule has 0 radical (unpaired) electrons. The second-order valence-electron chi connectivity index (χ2n) is 5.83. The molecule has 1 aromatic rings. The van der Waals surface area contributed by atoms with Crippen LogP contribution in [0.25, 0.3) is 0 Å². The van der Waals surface area contributed by atoms with E-state index in [0.717, 1.165) is 24.3 Å². The van der Waals surface area contributed by atoms with E-state index >= 15 is 0 Å². The maximum absolute atomic E-state index is 11.9. The van der Waals surface area contributed by atoms with Gasteiger partial charge in [-0.25, -0.2) is 0 Å². The number of carbonyl (C=O) groups is 2. The summed E-state index contributed by atoms with van der Waals surface area (Å²) in [4.78, 5) is 25.4. The molecule has 1 fully saturated rings. The number of nitrogens with two attached hydrogens (primary N) is 2. The Morgan fingerprint density at radius 2 is 1.92 bits per heavy atom. The molecule has 1 unspecified atom stereocenters. The number of thiophene rings is 1. The third kappa shape index (κ3) is 10.3. The van der Waals surface area contributed by atoms with Crippen LogP contribution in [0.1, 0.15) is 49.3 Å². The smallest absolute Gasteiger partial charge is 0.237 e. The lowest BCUT2D eigenvalue weighted by molar-refractivity contribution is -0.125. The molecule has 1 aliphatic rings. The van der Waals surface area contributed by atoms with Crippen molar-refractivity contribution in [1.82, 2.24) is 10.2 Å². The normalized spacial score (nSPS) is 16.3. The molecule has 25 heavy (non-hydrogen) atoms. The Hall–Kier alpha value is -1.28. The number of amides is 1. The zero-order valence-electron chi connectivity index (χ0n) is 15.8. The van der Waals surface area contributed by atoms with Crippen molar-refractivity contribution < 1.29 is 9.59 Å². The van der Waals surface area contributed by atoms with E-state index in [0.29, 0.717) is 19.4 Å². The number of likely N-dealkylation sites (tertiary alicyclic amines) is 1. The first-order valence-electron chi connectivity index (χ1n) is 8.93. The van der Waals surface area contributed by atoms with Crippen LogP contribution in [-0.4, -0.2) is 43.3 Å². The molecule has 0 saturated carbocycles. The van der Waals surface area contributed by atoms with E-state index in [1.165, 1.54) is 17.7 Å². The van der Waals surface area contributed by atoms with Crippen molar-refractivity contribution in [3.8, 4) is 0 Å². The number of likely N-dealkylation sites (N-methyl/N-ethyl adjacent to an activating group) is 1. The summed E-state index contributed by atoms with van der Waals surface area (Å²) in [6.45, 7) is 6.71. The molecule has 2 rings (SSSR count). The van der Waals surface area contributed by atoms with E-state index < -0.39 is 0 Å². The summed E-state index contributed by atoms with van der Waals surface area (Å²) < 4.78 is 0. The van der Waals surface area contributed by atoms with E-state index in [9.17, 15) is 4.79 Å². The second-order valence-corrected chi connectivity index (χ2v) is 7.08. The molecule has 0 spiro atoms. The minimum atomic E-state index is 0.0592. The Kier molecular flexibility index (Phi) is 14.2. The van der Waals surface area contributed by atoms with Crippen LogP contribution in [0, 0.1) is 0 Å². The van der Waals surface area contributed by atoms with Gasteiger partial charge in [-0.2, -0.15) is 0 Å². The average molecular weight is 371 g/mol. The van der Waals surface area contributed by atoms with Gasteiger partial charge in [0.15, 0.2) is 0 Å². The molecule has 1 saturated heterocycles. The van der Waals surface area contributed by atoms with E-state index in [1.54, 1.807) is 11.3 Å². The quantitative estimate of drug-likeness (QED) is 0.664. The third-order valence-corrected chi connectivity index (χ3v) is 4.88. The van der Waals surface area contributed by atoms with Gasteiger partial charge in [0, 0.05) is 22.8 Å². The van der Waals surface area contributed by atoms with Crippen molar-refractivity contribution in [3.63, 3.8) is 0 Å². The minimum absolute atomic E-state index is 0.0592. The number of nitrogens with one attached hydrogen (secondary N) is 1. The van der Waals surface area contributed by atoms with Crippen LogP contribution in [0.4, 0.5) is 0 Å². The van der Waals surface area contributed by atoms with Gasteiger partial charge >= 0.3 is 0 Å². The molecule has 5 N–H and O–H groups in total. The van der Waals surface area contributed by atoms with Crippen LogP contribution < -0.4 is 16.8 Å². The lowest BCUT2D eigenvalue weighted by atomic mass is 10.2. The molecule has 1 amide bonds. The number of carbonyl (C=O) groups excluding carboxylic acids is 2. The summed E-state index contributed by atoms with van der Waals surface area (Å²) >= 11 is 1.66. The summed E-state index contributed by atoms with van der Waals surface area (Å²) in [6.07, 6.45) is 5.38. The molecular formula is C18H34N4O2S. The number of aldehydes is 1. The van der Waals surface area contributed by atoms with Crippen molar-refractivity contribution in [3.05, 3.63) is 21.9 Å². The molecule has 0 aliphatic carbocycles. The van der Waals surface area contributed by atoms with Crippen molar-refractivity contribution in [1.29, 1.82) is 0 Å². The summed E-state index contributed by atoms with van der Waals surface area (Å²) in [6, 6.07) is 4.11. The van der Waals surface area contributed by atoms with Gasteiger partial charge in [0.2, 0.25) is 5.91 Å². The highest BCUT2D eigenvalue weighted by molar-refractivity contribution is 7.11. The highest BCUT2D eigenvalue weighted by atomic mass is 32.1. The van der Waals surface area contributed by atoms with E-state index in [1.807, 2.05) is 19.2 Å². The average Bonchev–Trinajstić information content (AvgIpc) is 3.28. The molecule has 144 valence electrons. The van der Waals surface area contributed by atoms with E-state index in [2.05, 4.69) is 29.8 Å².